The van der Waals surface area contributed by atoms with Gasteiger partial charge < -0.3 is 10.3 Å². The van der Waals surface area contributed by atoms with Crippen LogP contribution in [-0.2, 0) is 6.42 Å². The molecule has 2 N–H and O–H groups in total. The second kappa shape index (κ2) is 6.82. The predicted molar refractivity (Wildman–Crippen MR) is 77.9 cm³/mol. The van der Waals surface area contributed by atoms with E-state index in [-0.39, 0.29) is 5.92 Å². The van der Waals surface area contributed by atoms with Gasteiger partial charge in [-0.3, -0.25) is 0 Å². The molecule has 1 aromatic carbocycles. The lowest BCUT2D eigenvalue weighted by atomic mass is 10.0. The van der Waals surface area contributed by atoms with E-state index in [1.165, 1.54) is 0 Å². The molecule has 0 radical (unpaired) electrons. The van der Waals surface area contributed by atoms with Gasteiger partial charge in [0.1, 0.15) is 0 Å². The normalized spacial score (nSPS) is 12.6. The molecule has 0 saturated carbocycles. The van der Waals surface area contributed by atoms with E-state index < -0.39 is 0 Å². The summed E-state index contributed by atoms with van der Waals surface area (Å²) in [4.78, 5) is 4.45. The highest BCUT2D eigenvalue weighted by molar-refractivity contribution is 9.10. The molecule has 1 unspecified atom stereocenters. The van der Waals surface area contributed by atoms with Crippen LogP contribution in [0.4, 0.5) is 0 Å². The van der Waals surface area contributed by atoms with E-state index in [1.54, 1.807) is 0 Å². The van der Waals surface area contributed by atoms with Crippen LogP contribution in [0.2, 0.25) is 0 Å². The fourth-order valence-corrected chi connectivity index (χ4v) is 2.24. The van der Waals surface area contributed by atoms with Crippen LogP contribution in [0.1, 0.15) is 43.0 Å². The molecule has 4 nitrogen and oxygen atoms in total. The van der Waals surface area contributed by atoms with Crippen molar-refractivity contribution in [3.8, 4) is 0 Å². The van der Waals surface area contributed by atoms with Crippen LogP contribution in [0, 0.1) is 0 Å². The van der Waals surface area contributed by atoms with Crippen LogP contribution >= 0.6 is 15.9 Å². The van der Waals surface area contributed by atoms with Gasteiger partial charge >= 0.3 is 0 Å². The number of hydrogen-bond donors (Lipinski definition) is 1. The minimum atomic E-state index is 0.177. The monoisotopic (exact) mass is 323 g/mol. The van der Waals surface area contributed by atoms with Crippen molar-refractivity contribution >= 4 is 15.9 Å². The zero-order valence-electron chi connectivity index (χ0n) is 11.0. The quantitative estimate of drug-likeness (QED) is 0.886. The summed E-state index contributed by atoms with van der Waals surface area (Å²) in [7, 11) is 0. The fraction of sp³-hybridized carbons (Fsp3) is 0.429. The summed E-state index contributed by atoms with van der Waals surface area (Å²) < 4.78 is 6.38. The third-order valence-corrected chi connectivity index (χ3v) is 3.56. The summed E-state index contributed by atoms with van der Waals surface area (Å²) in [5.74, 6) is 1.56. The second-order valence-electron chi connectivity index (χ2n) is 4.57. The molecule has 0 spiro atoms. The first-order valence-corrected chi connectivity index (χ1v) is 7.29. The van der Waals surface area contributed by atoms with Crippen LogP contribution in [0.15, 0.2) is 33.3 Å². The van der Waals surface area contributed by atoms with E-state index in [4.69, 9.17) is 10.3 Å². The summed E-state index contributed by atoms with van der Waals surface area (Å²) in [5.41, 5.74) is 6.90. The van der Waals surface area contributed by atoms with Crippen LogP contribution in [-0.4, -0.2) is 16.7 Å². The van der Waals surface area contributed by atoms with Gasteiger partial charge in [0.15, 0.2) is 5.82 Å². The van der Waals surface area contributed by atoms with Crippen LogP contribution < -0.4 is 5.73 Å². The maximum atomic E-state index is 5.74. The molecular formula is C14H18BrN3O. The van der Waals surface area contributed by atoms with E-state index in [2.05, 4.69) is 33.0 Å². The molecule has 0 fully saturated rings. The minimum absolute atomic E-state index is 0.177. The third-order valence-electron chi connectivity index (χ3n) is 3.03. The molecule has 0 aliphatic rings. The molecule has 0 amide bonds. The SMILES string of the molecule is CCCC(CN)c1nc(Cc2ccc(Br)cc2)no1. The van der Waals surface area contributed by atoms with Crippen LogP contribution in [0.5, 0.6) is 0 Å². The Morgan fingerprint density at radius 3 is 2.68 bits per heavy atom. The summed E-state index contributed by atoms with van der Waals surface area (Å²) in [6.07, 6.45) is 2.73. The summed E-state index contributed by atoms with van der Waals surface area (Å²) in [5, 5.41) is 4.03. The summed E-state index contributed by atoms with van der Waals surface area (Å²) in [6, 6.07) is 8.12. The maximum Gasteiger partial charge on any atom is 0.231 e. The number of nitrogens with two attached hydrogens (primary N) is 1. The van der Waals surface area contributed by atoms with E-state index in [0.717, 1.165) is 22.9 Å². The Bertz CT molecular complexity index is 510. The number of hydrogen-bond acceptors (Lipinski definition) is 4. The Hall–Kier alpha value is -1.20. The van der Waals surface area contributed by atoms with Crippen molar-refractivity contribution in [2.24, 2.45) is 5.73 Å². The number of nitrogens with zero attached hydrogens (tertiary/aromatic N) is 2. The van der Waals surface area contributed by atoms with Gasteiger partial charge in [-0.2, -0.15) is 4.98 Å². The molecule has 0 bridgehead atoms. The van der Waals surface area contributed by atoms with E-state index in [9.17, 15) is 0 Å². The zero-order chi connectivity index (χ0) is 13.7. The molecule has 19 heavy (non-hydrogen) atoms. The molecule has 0 aliphatic heterocycles. The van der Waals surface area contributed by atoms with Gasteiger partial charge in [-0.15, -0.1) is 0 Å². The Balaban J connectivity index is 2.06. The van der Waals surface area contributed by atoms with Gasteiger partial charge in [0.05, 0.1) is 5.92 Å². The second-order valence-corrected chi connectivity index (χ2v) is 5.49. The van der Waals surface area contributed by atoms with Crippen molar-refractivity contribution < 1.29 is 4.52 Å². The van der Waals surface area contributed by atoms with E-state index >= 15 is 0 Å². The Kier molecular flexibility index (Phi) is 5.10. The van der Waals surface area contributed by atoms with Gasteiger partial charge in [-0.1, -0.05) is 46.6 Å². The topological polar surface area (TPSA) is 64.9 Å². The largest absolute Gasteiger partial charge is 0.339 e. The zero-order valence-corrected chi connectivity index (χ0v) is 12.6. The van der Waals surface area contributed by atoms with Gasteiger partial charge in [0.2, 0.25) is 5.89 Å². The standard InChI is InChI=1S/C14H18BrN3O/c1-2-3-11(9-16)14-17-13(18-19-14)8-10-4-6-12(15)7-5-10/h4-7,11H,2-3,8-9,16H2,1H3. The fourth-order valence-electron chi connectivity index (χ4n) is 1.98. The number of rotatable bonds is 6. The van der Waals surface area contributed by atoms with Crippen molar-refractivity contribution in [2.45, 2.75) is 32.1 Å². The van der Waals surface area contributed by atoms with Gasteiger partial charge in [0.25, 0.3) is 0 Å². The maximum absolute atomic E-state index is 5.74. The highest BCUT2D eigenvalue weighted by atomic mass is 79.9. The van der Waals surface area contributed by atoms with Crippen molar-refractivity contribution in [3.63, 3.8) is 0 Å². The average Bonchev–Trinajstić information content (AvgIpc) is 2.87. The third kappa shape index (κ3) is 3.88. The molecule has 102 valence electrons. The molecule has 0 aliphatic carbocycles. The van der Waals surface area contributed by atoms with Gasteiger partial charge in [-0.05, 0) is 24.1 Å². The van der Waals surface area contributed by atoms with Crippen LogP contribution in [0.3, 0.4) is 0 Å². The average molecular weight is 324 g/mol. The van der Waals surface area contributed by atoms with E-state index in [1.807, 2.05) is 24.3 Å². The molecule has 1 atom stereocenters. The smallest absolute Gasteiger partial charge is 0.231 e. The molecule has 2 aromatic rings. The molecule has 0 saturated heterocycles. The Morgan fingerprint density at radius 2 is 2.05 bits per heavy atom. The van der Waals surface area contributed by atoms with Crippen molar-refractivity contribution in [2.75, 3.05) is 6.54 Å². The minimum Gasteiger partial charge on any atom is -0.339 e. The van der Waals surface area contributed by atoms with Crippen LogP contribution in [0.25, 0.3) is 0 Å². The predicted octanol–water partition coefficient (Wildman–Crippen LogP) is 3.27. The highest BCUT2D eigenvalue weighted by Gasteiger charge is 2.16. The lowest BCUT2D eigenvalue weighted by Crippen LogP contribution is -2.12. The number of halogens is 1. The number of benzene rings is 1. The lowest BCUT2D eigenvalue weighted by molar-refractivity contribution is 0.344. The highest BCUT2D eigenvalue weighted by Crippen LogP contribution is 2.19. The molecular weight excluding hydrogens is 306 g/mol. The molecule has 1 heterocycles. The first-order valence-electron chi connectivity index (χ1n) is 6.50. The summed E-state index contributed by atoms with van der Waals surface area (Å²) in [6.45, 7) is 2.68. The Morgan fingerprint density at radius 1 is 1.32 bits per heavy atom. The van der Waals surface area contributed by atoms with Crippen molar-refractivity contribution in [1.82, 2.24) is 10.1 Å². The first kappa shape index (κ1) is 14.2. The van der Waals surface area contributed by atoms with Crippen molar-refractivity contribution in [1.29, 1.82) is 0 Å². The molecule has 2 rings (SSSR count). The molecule has 5 heteroatoms. The lowest BCUT2D eigenvalue weighted by Gasteiger charge is -2.06. The Labute approximate surface area is 121 Å². The number of aromatic nitrogens is 2. The molecule has 1 aromatic heterocycles. The van der Waals surface area contributed by atoms with Gasteiger partial charge in [-0.25, -0.2) is 0 Å². The first-order chi connectivity index (χ1) is 9.22. The van der Waals surface area contributed by atoms with E-state index in [0.29, 0.717) is 24.7 Å². The van der Waals surface area contributed by atoms with Gasteiger partial charge in [0, 0.05) is 17.4 Å². The summed E-state index contributed by atoms with van der Waals surface area (Å²) >= 11 is 3.42. The van der Waals surface area contributed by atoms with Crippen molar-refractivity contribution in [3.05, 3.63) is 46.0 Å².